The molecule has 1 saturated heterocycles. The van der Waals surface area contributed by atoms with Crippen LogP contribution in [0.5, 0.6) is 0 Å². The van der Waals surface area contributed by atoms with Gasteiger partial charge in [-0.2, -0.15) is 8.42 Å². The van der Waals surface area contributed by atoms with Gasteiger partial charge in [0.1, 0.15) is 4.90 Å². The summed E-state index contributed by atoms with van der Waals surface area (Å²) in [6, 6.07) is 12.0. The largest absolute Gasteiger partial charge is 0.337 e. The molecular weight excluding hydrogens is 512 g/mol. The number of rotatable bonds is 5. The van der Waals surface area contributed by atoms with Gasteiger partial charge in [-0.15, -0.1) is 35.1 Å². The van der Waals surface area contributed by atoms with Crippen molar-refractivity contribution in [1.29, 1.82) is 0 Å². The zero-order chi connectivity index (χ0) is 23.6. The van der Waals surface area contributed by atoms with E-state index in [9.17, 15) is 17.1 Å². The maximum Gasteiger partial charge on any atom is 0.332 e. The van der Waals surface area contributed by atoms with Gasteiger partial charge in [0, 0.05) is 55.6 Å². The van der Waals surface area contributed by atoms with Crippen molar-refractivity contribution in [3.05, 3.63) is 71.5 Å². The molecule has 4 rings (SSSR count). The number of amides is 1. The van der Waals surface area contributed by atoms with Gasteiger partial charge in [-0.3, -0.25) is 14.7 Å². The first-order chi connectivity index (χ1) is 15.7. The van der Waals surface area contributed by atoms with Gasteiger partial charge >= 0.3 is 10.2 Å². The molecule has 0 radical (unpaired) electrons. The quantitative estimate of drug-likeness (QED) is 0.363. The molecule has 1 atom stereocenters. The van der Waals surface area contributed by atoms with Crippen LogP contribution in [0.1, 0.15) is 23.6 Å². The van der Waals surface area contributed by atoms with E-state index in [1.165, 1.54) is 6.07 Å². The summed E-state index contributed by atoms with van der Waals surface area (Å²) in [4.78, 5) is 20.9. The Labute approximate surface area is 217 Å². The molecule has 0 spiro atoms. The number of terminal acetylenes is 1. The summed E-state index contributed by atoms with van der Waals surface area (Å²) < 4.78 is 36.2. The van der Waals surface area contributed by atoms with E-state index in [1.807, 2.05) is 36.1 Å². The fraction of sp³-hybridized carbons (Fsp3) is 0.280. The lowest BCUT2D eigenvalue weighted by atomic mass is 10.0. The van der Waals surface area contributed by atoms with Crippen LogP contribution in [0.15, 0.2) is 59.8 Å². The van der Waals surface area contributed by atoms with Crippen LogP contribution in [0.3, 0.4) is 0 Å². The molecule has 0 bridgehead atoms. The van der Waals surface area contributed by atoms with E-state index >= 15 is 0 Å². The highest BCUT2D eigenvalue weighted by molar-refractivity contribution is 7.86. The second-order valence-electron chi connectivity index (χ2n) is 8.32. The Morgan fingerprint density at radius 1 is 1.17 bits per heavy atom. The molecule has 0 N–H and O–H groups in total. The zero-order valence-corrected chi connectivity index (χ0v) is 21.5. The van der Waals surface area contributed by atoms with Crippen LogP contribution in [0.2, 0.25) is 0 Å². The van der Waals surface area contributed by atoms with E-state index in [0.29, 0.717) is 37.3 Å². The molecule has 3 aromatic rings. The highest BCUT2D eigenvalue weighted by atomic mass is 35.5. The monoisotopic (exact) mass is 537 g/mol. The van der Waals surface area contributed by atoms with E-state index in [1.54, 1.807) is 18.5 Å². The highest BCUT2D eigenvalue weighted by Gasteiger charge is 2.28. The van der Waals surface area contributed by atoms with Crippen LogP contribution in [0.4, 0.5) is 3.89 Å². The summed E-state index contributed by atoms with van der Waals surface area (Å²) in [6.45, 7) is 4.17. The van der Waals surface area contributed by atoms with Crippen molar-refractivity contribution in [1.82, 2.24) is 14.8 Å². The second-order valence-corrected chi connectivity index (χ2v) is 9.66. The van der Waals surface area contributed by atoms with E-state index in [-0.39, 0.29) is 43.2 Å². The summed E-state index contributed by atoms with van der Waals surface area (Å²) in [7, 11) is -4.85. The fourth-order valence-corrected chi connectivity index (χ4v) is 4.93. The van der Waals surface area contributed by atoms with Crippen molar-refractivity contribution in [3.8, 4) is 12.3 Å². The van der Waals surface area contributed by atoms with Gasteiger partial charge in [-0.1, -0.05) is 30.2 Å². The lowest BCUT2D eigenvalue weighted by Gasteiger charge is -2.40. The Hall–Kier alpha value is -2.70. The van der Waals surface area contributed by atoms with E-state index in [4.69, 9.17) is 6.42 Å². The third kappa shape index (κ3) is 6.71. The number of fused-ring (bicyclic) bond motifs is 1. The normalized spacial score (nSPS) is 16.1. The number of aromatic nitrogens is 1. The number of carbonyl (C=O) groups is 1. The Bertz CT molecular complexity index is 1360. The number of nitrogens with zero attached hydrogens (tertiary/aromatic N) is 3. The lowest BCUT2D eigenvalue weighted by Crippen LogP contribution is -2.54. The standard InChI is InChI=1S/C25H24FN3O3S.2ClH/c1-3-19-10-20(12-23(11-19)33(26,31)32)17-28-8-9-29(18(2)16-28)25(30)13-22-15-27-14-21-6-4-5-7-24(21)22;;/h1,4-7,10-12,14-15,18H,8-9,13,16-17H2,2H3;2*1H/t18-;;/m0../s1. The average Bonchev–Trinajstić information content (AvgIpc) is 2.78. The summed E-state index contributed by atoms with van der Waals surface area (Å²) in [5, 5.41) is 2.03. The van der Waals surface area contributed by atoms with Crippen LogP contribution in [-0.4, -0.2) is 54.8 Å². The van der Waals surface area contributed by atoms with Gasteiger partial charge in [0.15, 0.2) is 0 Å². The summed E-state index contributed by atoms with van der Waals surface area (Å²) in [5.41, 5.74) is 1.84. The Morgan fingerprint density at radius 2 is 1.91 bits per heavy atom. The predicted octanol–water partition coefficient (Wildman–Crippen LogP) is 3.99. The topological polar surface area (TPSA) is 70.6 Å². The molecule has 0 unspecified atom stereocenters. The molecule has 2 heterocycles. The number of carbonyl (C=O) groups excluding carboxylic acids is 1. The van der Waals surface area contributed by atoms with Crippen LogP contribution < -0.4 is 0 Å². The molecule has 6 nitrogen and oxygen atoms in total. The molecule has 10 heteroatoms. The van der Waals surface area contributed by atoms with Crippen LogP contribution >= 0.6 is 24.8 Å². The van der Waals surface area contributed by atoms with Crippen molar-refractivity contribution in [3.63, 3.8) is 0 Å². The fourth-order valence-electron chi connectivity index (χ4n) is 4.37. The molecule has 0 aliphatic carbocycles. The minimum Gasteiger partial charge on any atom is -0.337 e. The molecule has 1 aromatic heterocycles. The van der Waals surface area contributed by atoms with E-state index < -0.39 is 15.1 Å². The first-order valence-corrected chi connectivity index (χ1v) is 12.0. The van der Waals surface area contributed by atoms with Gasteiger partial charge in [0.05, 0.1) is 6.42 Å². The number of pyridine rings is 1. The van der Waals surface area contributed by atoms with Gasteiger partial charge in [0.25, 0.3) is 0 Å². The first-order valence-electron chi connectivity index (χ1n) is 10.6. The molecule has 186 valence electrons. The molecule has 0 saturated carbocycles. The zero-order valence-electron chi connectivity index (χ0n) is 19.1. The van der Waals surface area contributed by atoms with Gasteiger partial charge in [0.2, 0.25) is 5.91 Å². The van der Waals surface area contributed by atoms with Gasteiger partial charge in [-0.05, 0) is 41.6 Å². The van der Waals surface area contributed by atoms with Crippen molar-refractivity contribution in [2.75, 3.05) is 19.6 Å². The van der Waals surface area contributed by atoms with Crippen molar-refractivity contribution in [2.24, 2.45) is 0 Å². The number of benzene rings is 2. The third-order valence-electron chi connectivity index (χ3n) is 5.95. The predicted molar refractivity (Wildman–Crippen MR) is 139 cm³/mol. The minimum atomic E-state index is -4.85. The number of hydrogen-bond donors (Lipinski definition) is 0. The Morgan fingerprint density at radius 3 is 2.60 bits per heavy atom. The SMILES string of the molecule is C#Cc1cc(CN2CCN(C(=O)Cc3cncc4ccccc34)[C@@H](C)C2)cc(S(=O)(=O)F)c1.Cl.Cl. The molecule has 1 aliphatic heterocycles. The molecule has 2 aromatic carbocycles. The van der Waals surface area contributed by atoms with Crippen LogP contribution in [0, 0.1) is 12.3 Å². The first kappa shape index (κ1) is 28.5. The van der Waals surface area contributed by atoms with Crippen molar-refractivity contribution < 1.29 is 17.1 Å². The lowest BCUT2D eigenvalue weighted by molar-refractivity contribution is -0.135. The maximum absolute atomic E-state index is 13.5. The minimum absolute atomic E-state index is 0. The molecular formula is C25H26Cl2FN3O3S. The maximum atomic E-state index is 13.5. The molecule has 1 aliphatic rings. The smallest absolute Gasteiger partial charge is 0.332 e. The highest BCUT2D eigenvalue weighted by Crippen LogP contribution is 2.22. The molecule has 35 heavy (non-hydrogen) atoms. The summed E-state index contributed by atoms with van der Waals surface area (Å²) >= 11 is 0. The van der Waals surface area contributed by atoms with Crippen LogP contribution in [0.25, 0.3) is 10.8 Å². The average molecular weight is 538 g/mol. The third-order valence-corrected chi connectivity index (χ3v) is 6.74. The molecule has 1 fully saturated rings. The van der Waals surface area contributed by atoms with Crippen molar-refractivity contribution >= 4 is 51.7 Å². The molecule has 1 amide bonds. The van der Waals surface area contributed by atoms with Crippen LogP contribution in [-0.2, 0) is 28.0 Å². The summed E-state index contributed by atoms with van der Waals surface area (Å²) in [6.07, 6.45) is 9.22. The van der Waals surface area contributed by atoms with Gasteiger partial charge in [-0.25, -0.2) is 0 Å². The van der Waals surface area contributed by atoms with Crippen molar-refractivity contribution in [2.45, 2.75) is 30.8 Å². The number of hydrogen-bond acceptors (Lipinski definition) is 5. The number of halogens is 3. The van der Waals surface area contributed by atoms with E-state index in [2.05, 4.69) is 15.8 Å². The number of piperazine rings is 1. The Kier molecular flexibility index (Phi) is 9.64. The summed E-state index contributed by atoms with van der Waals surface area (Å²) in [5.74, 6) is 2.42. The second kappa shape index (κ2) is 11.8. The van der Waals surface area contributed by atoms with Gasteiger partial charge < -0.3 is 4.90 Å². The Balaban J connectivity index is 0.00000216. The van der Waals surface area contributed by atoms with E-state index in [0.717, 1.165) is 22.4 Å².